The third kappa shape index (κ3) is 2.93. The zero-order chi connectivity index (χ0) is 17.6. The van der Waals surface area contributed by atoms with Crippen LogP contribution in [0.2, 0.25) is 5.82 Å². The Hall–Kier alpha value is -2.28. The van der Waals surface area contributed by atoms with Crippen LogP contribution < -0.4 is 5.32 Å². The lowest BCUT2D eigenvalue weighted by atomic mass is 9.74. The minimum absolute atomic E-state index is 0.185. The standard InChI is InChI=1S/C18H21BN4O2/c1-18(21-16(25)9-24)5-4-10-6-14(20-15(10)8-18)17-12-7-11(19)2-3-13(12)22-23-17/h4-6,11,20,24H,2-3,7-9H2,1H3,(H,21,25)(H,22,23). The molecule has 0 aliphatic heterocycles. The number of aromatic amines is 2. The fraction of sp³-hybridized carbons (Fsp3) is 0.444. The Kier molecular flexibility index (Phi) is 3.83. The van der Waals surface area contributed by atoms with Crippen LogP contribution in [0.25, 0.3) is 17.5 Å². The van der Waals surface area contributed by atoms with E-state index in [4.69, 9.17) is 13.0 Å². The van der Waals surface area contributed by atoms with E-state index < -0.39 is 12.1 Å². The van der Waals surface area contributed by atoms with Gasteiger partial charge < -0.3 is 15.4 Å². The number of H-pyrrole nitrogens is 2. The zero-order valence-electron chi connectivity index (χ0n) is 14.2. The summed E-state index contributed by atoms with van der Waals surface area (Å²) in [4.78, 5) is 15.0. The van der Waals surface area contributed by atoms with E-state index in [-0.39, 0.29) is 11.7 Å². The molecule has 25 heavy (non-hydrogen) atoms. The van der Waals surface area contributed by atoms with Crippen molar-refractivity contribution in [2.75, 3.05) is 6.61 Å². The lowest BCUT2D eigenvalue weighted by Gasteiger charge is -2.29. The summed E-state index contributed by atoms with van der Waals surface area (Å²) in [5.74, 6) is -0.192. The predicted molar refractivity (Wildman–Crippen MR) is 96.3 cm³/mol. The van der Waals surface area contributed by atoms with Gasteiger partial charge in [-0.1, -0.05) is 24.4 Å². The van der Waals surface area contributed by atoms with Crippen LogP contribution in [-0.2, 0) is 24.1 Å². The van der Waals surface area contributed by atoms with E-state index in [1.165, 1.54) is 11.3 Å². The van der Waals surface area contributed by atoms with Crippen molar-refractivity contribution < 1.29 is 9.90 Å². The third-order valence-corrected chi connectivity index (χ3v) is 5.12. The van der Waals surface area contributed by atoms with Crippen LogP contribution in [0.15, 0.2) is 12.1 Å². The van der Waals surface area contributed by atoms with E-state index in [0.717, 1.165) is 41.9 Å². The van der Waals surface area contributed by atoms with Crippen molar-refractivity contribution in [3.8, 4) is 11.4 Å². The van der Waals surface area contributed by atoms with Crippen molar-refractivity contribution in [1.29, 1.82) is 0 Å². The highest BCUT2D eigenvalue weighted by Gasteiger charge is 2.30. The summed E-state index contributed by atoms with van der Waals surface area (Å²) in [6.07, 6.45) is 7.37. The number of hydrogen-bond acceptors (Lipinski definition) is 3. The topological polar surface area (TPSA) is 93.8 Å². The molecule has 4 rings (SSSR count). The number of aromatic nitrogens is 3. The van der Waals surface area contributed by atoms with E-state index in [1.807, 2.05) is 19.1 Å². The van der Waals surface area contributed by atoms with E-state index in [0.29, 0.717) is 6.42 Å². The molecule has 7 heteroatoms. The number of nitrogens with one attached hydrogen (secondary N) is 3. The van der Waals surface area contributed by atoms with Crippen LogP contribution in [0.3, 0.4) is 0 Å². The maximum atomic E-state index is 11.5. The number of rotatable bonds is 3. The molecule has 0 spiro atoms. The summed E-state index contributed by atoms with van der Waals surface area (Å²) in [7, 11) is 6.12. The highest BCUT2D eigenvalue weighted by Crippen LogP contribution is 2.35. The molecule has 2 aliphatic carbocycles. The van der Waals surface area contributed by atoms with Crippen LogP contribution >= 0.6 is 0 Å². The number of aryl methyl sites for hydroxylation is 1. The molecule has 2 aliphatic rings. The van der Waals surface area contributed by atoms with E-state index >= 15 is 0 Å². The van der Waals surface area contributed by atoms with Gasteiger partial charge in [-0.25, -0.2) is 0 Å². The van der Waals surface area contributed by atoms with Crippen molar-refractivity contribution in [2.45, 2.75) is 44.0 Å². The monoisotopic (exact) mass is 336 g/mol. The van der Waals surface area contributed by atoms with Crippen LogP contribution in [0, 0.1) is 0 Å². The molecule has 4 N–H and O–H groups in total. The van der Waals surface area contributed by atoms with Gasteiger partial charge in [-0.3, -0.25) is 9.89 Å². The largest absolute Gasteiger partial charge is 0.387 e. The molecular weight excluding hydrogens is 315 g/mol. The molecule has 128 valence electrons. The average molecular weight is 336 g/mol. The molecule has 2 heterocycles. The summed E-state index contributed by atoms with van der Waals surface area (Å²) in [5.41, 5.74) is 5.94. The van der Waals surface area contributed by atoms with Gasteiger partial charge >= 0.3 is 0 Å². The number of nitrogens with zero attached hydrogens (tertiary/aromatic N) is 1. The van der Waals surface area contributed by atoms with Crippen molar-refractivity contribution in [2.24, 2.45) is 0 Å². The zero-order valence-corrected chi connectivity index (χ0v) is 14.2. The van der Waals surface area contributed by atoms with Crippen LogP contribution in [0.4, 0.5) is 0 Å². The first kappa shape index (κ1) is 16.2. The summed E-state index contributed by atoms with van der Waals surface area (Å²) < 4.78 is 0. The van der Waals surface area contributed by atoms with Crippen LogP contribution in [-0.4, -0.2) is 46.2 Å². The minimum Gasteiger partial charge on any atom is -0.387 e. The van der Waals surface area contributed by atoms with Gasteiger partial charge in [0.1, 0.15) is 12.3 Å². The van der Waals surface area contributed by atoms with E-state index in [2.05, 4.69) is 26.6 Å². The summed E-state index contributed by atoms with van der Waals surface area (Å²) in [5, 5.41) is 19.5. The van der Waals surface area contributed by atoms with Crippen molar-refractivity contribution >= 4 is 19.8 Å². The third-order valence-electron chi connectivity index (χ3n) is 5.12. The molecule has 0 aromatic carbocycles. The van der Waals surface area contributed by atoms with Gasteiger partial charge in [-0.05, 0) is 31.4 Å². The Morgan fingerprint density at radius 1 is 1.52 bits per heavy atom. The number of carbonyl (C=O) groups excluding carboxylic acids is 1. The quantitative estimate of drug-likeness (QED) is 0.636. The van der Waals surface area contributed by atoms with Crippen molar-refractivity contribution in [3.63, 3.8) is 0 Å². The fourth-order valence-electron chi connectivity index (χ4n) is 3.82. The second-order valence-electron chi connectivity index (χ2n) is 7.28. The average Bonchev–Trinajstić information content (AvgIpc) is 3.16. The molecule has 2 atom stereocenters. The Balaban J connectivity index is 1.63. The molecule has 0 fully saturated rings. The van der Waals surface area contributed by atoms with Gasteiger partial charge in [0.2, 0.25) is 5.91 Å². The number of aliphatic hydroxyl groups is 1. The fourth-order valence-corrected chi connectivity index (χ4v) is 3.82. The van der Waals surface area contributed by atoms with Crippen molar-refractivity contribution in [3.05, 3.63) is 34.7 Å². The summed E-state index contributed by atoms with van der Waals surface area (Å²) in [6, 6.07) is 2.09. The van der Waals surface area contributed by atoms with Gasteiger partial charge in [0.25, 0.3) is 0 Å². The van der Waals surface area contributed by atoms with Gasteiger partial charge in [0.05, 0.1) is 19.1 Å². The first-order chi connectivity index (χ1) is 12.0. The second-order valence-corrected chi connectivity index (χ2v) is 7.28. The molecule has 0 saturated heterocycles. The lowest BCUT2D eigenvalue weighted by Crippen LogP contribution is -2.48. The van der Waals surface area contributed by atoms with Gasteiger partial charge in [-0.2, -0.15) is 5.10 Å². The summed E-state index contributed by atoms with van der Waals surface area (Å²) >= 11 is 0. The maximum Gasteiger partial charge on any atom is 0.246 e. The molecule has 1 amide bonds. The highest BCUT2D eigenvalue weighted by atomic mass is 16.3. The molecular formula is C18H21BN4O2. The number of fused-ring (bicyclic) bond motifs is 2. The van der Waals surface area contributed by atoms with Crippen LogP contribution in [0.1, 0.15) is 35.9 Å². The summed E-state index contributed by atoms with van der Waals surface area (Å²) in [6.45, 7) is 1.43. The molecule has 2 aromatic heterocycles. The van der Waals surface area contributed by atoms with Gasteiger partial charge in [-0.15, -0.1) is 0 Å². The normalized spacial score (nSPS) is 24.6. The molecule has 0 bridgehead atoms. The first-order valence-electron chi connectivity index (χ1n) is 8.62. The molecule has 2 unspecified atom stereocenters. The Bertz CT molecular complexity index is 853. The second kappa shape index (κ2) is 5.91. The molecule has 2 aromatic rings. The van der Waals surface area contributed by atoms with E-state index in [9.17, 15) is 4.79 Å². The lowest BCUT2D eigenvalue weighted by molar-refractivity contribution is -0.125. The smallest absolute Gasteiger partial charge is 0.246 e. The van der Waals surface area contributed by atoms with Gasteiger partial charge in [0.15, 0.2) is 0 Å². The number of hydrogen-bond donors (Lipinski definition) is 4. The molecule has 0 saturated carbocycles. The SMILES string of the molecule is [B]C1CCc2[nH]nc(-c3cc4c([nH]3)CC(C)(NC(=O)CO)C=C4)c2C1. The predicted octanol–water partition coefficient (Wildman–Crippen LogP) is 1.29. The molecule has 6 nitrogen and oxygen atoms in total. The van der Waals surface area contributed by atoms with E-state index in [1.54, 1.807) is 0 Å². The molecule has 2 radical (unpaired) electrons. The Morgan fingerprint density at radius 3 is 3.16 bits per heavy atom. The Morgan fingerprint density at radius 2 is 2.36 bits per heavy atom. The number of carbonyl (C=O) groups is 1. The maximum absolute atomic E-state index is 11.5. The number of amides is 1. The minimum atomic E-state index is -0.512. The van der Waals surface area contributed by atoms with Crippen LogP contribution in [0.5, 0.6) is 0 Å². The van der Waals surface area contributed by atoms with Crippen molar-refractivity contribution in [1.82, 2.24) is 20.5 Å². The van der Waals surface area contributed by atoms with Gasteiger partial charge in [0, 0.05) is 23.4 Å². The first-order valence-corrected chi connectivity index (χ1v) is 8.62. The Labute approximate surface area is 147 Å². The highest BCUT2D eigenvalue weighted by molar-refractivity contribution is 6.12. The number of aliphatic hydroxyl groups excluding tert-OH is 1.